The molecule has 0 spiro atoms. The van der Waals surface area contributed by atoms with E-state index in [0.717, 1.165) is 14.5 Å². The predicted octanol–water partition coefficient (Wildman–Crippen LogP) is 4.10. The van der Waals surface area contributed by atoms with Crippen LogP contribution in [0.2, 0.25) is 15.1 Å². The Bertz CT molecular complexity index is 644. The molecule has 2 aromatic rings. The topological polar surface area (TPSA) is 9.23 Å². The Morgan fingerprint density at radius 2 is 1.72 bits per heavy atom. The van der Waals surface area contributed by atoms with Gasteiger partial charge in [-0.25, -0.2) is 0 Å². The van der Waals surface area contributed by atoms with E-state index >= 15 is 0 Å². The van der Waals surface area contributed by atoms with Gasteiger partial charge in [0.2, 0.25) is 0 Å². The van der Waals surface area contributed by atoms with Crippen LogP contribution in [0, 0.1) is 0 Å². The molecule has 3 rings (SSSR count). The van der Waals surface area contributed by atoms with Gasteiger partial charge in [0.15, 0.2) is 0 Å². The molecule has 1 heterocycles. The van der Waals surface area contributed by atoms with Crippen molar-refractivity contribution in [2.24, 2.45) is 0 Å². The standard InChI is InChI=1S/C12H5AsCl4O/c14-7-5-8(15)12-10(11(7)16)13(17)6-3-1-2-4-9(6)18-12/h1-5H. The van der Waals surface area contributed by atoms with E-state index in [9.17, 15) is 0 Å². The Morgan fingerprint density at radius 3 is 2.50 bits per heavy atom. The minimum absolute atomic E-state index is 0.406. The molecule has 0 amide bonds. The fraction of sp³-hybridized carbons (Fsp3) is 0. The molecule has 0 saturated carbocycles. The van der Waals surface area contributed by atoms with Crippen LogP contribution in [0.3, 0.4) is 0 Å². The van der Waals surface area contributed by atoms with Crippen molar-refractivity contribution in [2.45, 2.75) is 0 Å². The molecule has 0 fully saturated rings. The first-order chi connectivity index (χ1) is 8.59. The van der Waals surface area contributed by atoms with E-state index in [1.807, 2.05) is 24.3 Å². The van der Waals surface area contributed by atoms with Crippen molar-refractivity contribution in [2.75, 3.05) is 0 Å². The van der Waals surface area contributed by atoms with E-state index in [1.54, 1.807) is 6.07 Å². The van der Waals surface area contributed by atoms with Gasteiger partial charge >= 0.3 is 129 Å². The first kappa shape index (κ1) is 13.0. The van der Waals surface area contributed by atoms with E-state index in [2.05, 4.69) is 0 Å². The predicted molar refractivity (Wildman–Crippen MR) is 78.9 cm³/mol. The zero-order chi connectivity index (χ0) is 12.9. The van der Waals surface area contributed by atoms with Crippen LogP contribution in [0.15, 0.2) is 30.3 Å². The number of ether oxygens (including phenoxy) is 1. The van der Waals surface area contributed by atoms with Gasteiger partial charge < -0.3 is 0 Å². The third kappa shape index (κ3) is 1.93. The van der Waals surface area contributed by atoms with E-state index < -0.39 is 13.7 Å². The van der Waals surface area contributed by atoms with E-state index in [-0.39, 0.29) is 0 Å². The number of benzene rings is 2. The molecule has 1 aliphatic rings. The van der Waals surface area contributed by atoms with Crippen molar-refractivity contribution in [1.82, 2.24) is 0 Å². The van der Waals surface area contributed by atoms with E-state index in [0.29, 0.717) is 20.8 Å². The zero-order valence-corrected chi connectivity index (χ0v) is 13.7. The Hall–Kier alpha value is -0.0416. The Labute approximate surface area is 128 Å². The van der Waals surface area contributed by atoms with Crippen LogP contribution in [0.1, 0.15) is 0 Å². The fourth-order valence-electron chi connectivity index (χ4n) is 1.77. The molecule has 0 radical (unpaired) electrons. The normalized spacial score (nSPS) is 16.8. The summed E-state index contributed by atoms with van der Waals surface area (Å²) in [5.74, 6) is 1.29. The van der Waals surface area contributed by atoms with Gasteiger partial charge in [-0.3, -0.25) is 0 Å². The van der Waals surface area contributed by atoms with Crippen molar-refractivity contribution in [3.05, 3.63) is 45.4 Å². The number of hydrogen-bond donors (Lipinski definition) is 0. The minimum atomic E-state index is -2.01. The summed E-state index contributed by atoms with van der Waals surface area (Å²) in [5.41, 5.74) is 0. The first-order valence-electron chi connectivity index (χ1n) is 5.00. The third-order valence-corrected chi connectivity index (χ3v) is 9.15. The van der Waals surface area contributed by atoms with Crippen molar-refractivity contribution < 1.29 is 4.74 Å². The van der Waals surface area contributed by atoms with Gasteiger partial charge in [-0.05, 0) is 0 Å². The van der Waals surface area contributed by atoms with Crippen LogP contribution in [0.5, 0.6) is 11.5 Å². The number of hydrogen-bond acceptors (Lipinski definition) is 1. The summed E-state index contributed by atoms with van der Waals surface area (Å²) < 4.78 is 7.56. The summed E-state index contributed by atoms with van der Waals surface area (Å²) in [4.78, 5) is 0. The second kappa shape index (κ2) is 4.81. The number of halogens is 4. The van der Waals surface area contributed by atoms with Crippen LogP contribution in [0.4, 0.5) is 0 Å². The van der Waals surface area contributed by atoms with Gasteiger partial charge in [0.1, 0.15) is 0 Å². The quantitative estimate of drug-likeness (QED) is 0.493. The van der Waals surface area contributed by atoms with Crippen LogP contribution in [-0.2, 0) is 0 Å². The second-order valence-electron chi connectivity index (χ2n) is 3.68. The summed E-state index contributed by atoms with van der Waals surface area (Å²) in [5, 5.41) is 1.29. The van der Waals surface area contributed by atoms with E-state index in [4.69, 9.17) is 49.5 Å². The molecule has 1 unspecified atom stereocenters. The second-order valence-corrected chi connectivity index (χ2v) is 9.76. The Balaban J connectivity index is 2.29. The molecule has 0 aromatic heterocycles. The summed E-state index contributed by atoms with van der Waals surface area (Å²) in [6.07, 6.45) is 0. The summed E-state index contributed by atoms with van der Waals surface area (Å²) in [6.45, 7) is 0. The molecule has 92 valence electrons. The average molecular weight is 382 g/mol. The molecule has 6 heteroatoms. The molecule has 0 aliphatic carbocycles. The van der Waals surface area contributed by atoms with Crippen LogP contribution < -0.4 is 13.4 Å². The van der Waals surface area contributed by atoms with Crippen molar-refractivity contribution in [1.29, 1.82) is 0 Å². The monoisotopic (exact) mass is 380 g/mol. The third-order valence-electron chi connectivity index (χ3n) is 2.59. The molecule has 1 aliphatic heterocycles. The Kier molecular flexibility index (Phi) is 3.47. The van der Waals surface area contributed by atoms with Gasteiger partial charge in [0, 0.05) is 0 Å². The number of fused-ring (bicyclic) bond motifs is 2. The molecule has 0 saturated heterocycles. The van der Waals surface area contributed by atoms with Gasteiger partial charge in [-0.2, -0.15) is 0 Å². The molecule has 18 heavy (non-hydrogen) atoms. The average Bonchev–Trinajstić information content (AvgIpc) is 2.36. The van der Waals surface area contributed by atoms with Gasteiger partial charge in [0.05, 0.1) is 0 Å². The molecular weight excluding hydrogens is 377 g/mol. The van der Waals surface area contributed by atoms with Crippen LogP contribution in [0.25, 0.3) is 0 Å². The van der Waals surface area contributed by atoms with Crippen molar-refractivity contribution >= 4 is 67.2 Å². The van der Waals surface area contributed by atoms with Crippen molar-refractivity contribution in [3.63, 3.8) is 0 Å². The van der Waals surface area contributed by atoms with Crippen molar-refractivity contribution in [3.8, 4) is 11.5 Å². The maximum absolute atomic E-state index is 6.59. The molecule has 1 atom stereocenters. The maximum atomic E-state index is 6.59. The summed E-state index contributed by atoms with van der Waals surface area (Å²) in [7, 11) is 6.59. The fourth-order valence-corrected chi connectivity index (χ4v) is 7.89. The number of rotatable bonds is 0. The molecule has 0 N–H and O–H groups in total. The summed E-state index contributed by atoms with van der Waals surface area (Å²) in [6, 6.07) is 9.24. The Morgan fingerprint density at radius 1 is 1.00 bits per heavy atom. The van der Waals surface area contributed by atoms with Crippen LogP contribution >= 0.6 is 44.8 Å². The van der Waals surface area contributed by atoms with Gasteiger partial charge in [-0.1, -0.05) is 0 Å². The molecular formula is C12H5AsCl4O. The van der Waals surface area contributed by atoms with Gasteiger partial charge in [-0.15, -0.1) is 0 Å². The molecule has 0 bridgehead atoms. The van der Waals surface area contributed by atoms with E-state index in [1.165, 1.54) is 0 Å². The van der Waals surface area contributed by atoms with Gasteiger partial charge in [0.25, 0.3) is 0 Å². The summed E-state index contributed by atoms with van der Waals surface area (Å²) >= 11 is 16.4. The number of para-hydroxylation sites is 1. The SMILES string of the molecule is Clc1cc(Cl)c2c(c1Cl)[As](Cl)c1ccccc1O2. The van der Waals surface area contributed by atoms with Crippen LogP contribution in [-0.4, -0.2) is 13.7 Å². The zero-order valence-electron chi connectivity index (χ0n) is 8.75. The first-order valence-corrected chi connectivity index (χ1v) is 10.5. The molecule has 2 aromatic carbocycles. The molecule has 1 nitrogen and oxygen atoms in total.